The largest absolute Gasteiger partial charge is 0.370 e. The maximum atomic E-state index is 6.39. The molecular formula is C14H27NO. The highest BCUT2D eigenvalue weighted by molar-refractivity contribution is 4.87. The van der Waals surface area contributed by atoms with Gasteiger partial charge in [0.15, 0.2) is 0 Å². The molecule has 0 heterocycles. The highest BCUT2D eigenvalue weighted by Crippen LogP contribution is 2.35. The number of ether oxygens (including phenoxy) is 1. The van der Waals surface area contributed by atoms with Crippen LogP contribution < -0.4 is 5.73 Å². The van der Waals surface area contributed by atoms with Crippen LogP contribution in [0.25, 0.3) is 0 Å². The van der Waals surface area contributed by atoms with E-state index in [0.29, 0.717) is 6.10 Å². The number of rotatable bonds is 3. The van der Waals surface area contributed by atoms with E-state index in [0.717, 1.165) is 12.5 Å². The summed E-state index contributed by atoms with van der Waals surface area (Å²) in [6.07, 6.45) is 12.0. The highest BCUT2D eigenvalue weighted by atomic mass is 16.5. The molecule has 94 valence electrons. The second kappa shape index (κ2) is 5.50. The summed E-state index contributed by atoms with van der Waals surface area (Å²) in [6, 6.07) is 0. The van der Waals surface area contributed by atoms with Crippen LogP contribution in [0.4, 0.5) is 0 Å². The summed E-state index contributed by atoms with van der Waals surface area (Å²) in [5.74, 6) is 0.903. The van der Waals surface area contributed by atoms with Crippen molar-refractivity contribution in [3.05, 3.63) is 0 Å². The Morgan fingerprint density at radius 2 is 1.69 bits per heavy atom. The van der Waals surface area contributed by atoms with Crippen molar-refractivity contribution < 1.29 is 4.74 Å². The first kappa shape index (κ1) is 12.4. The van der Waals surface area contributed by atoms with Crippen LogP contribution in [0.1, 0.15) is 64.7 Å². The lowest BCUT2D eigenvalue weighted by Crippen LogP contribution is -2.45. The molecule has 0 aromatic rings. The van der Waals surface area contributed by atoms with Gasteiger partial charge in [0.25, 0.3) is 0 Å². The number of hydrogen-bond acceptors (Lipinski definition) is 2. The summed E-state index contributed by atoms with van der Waals surface area (Å²) >= 11 is 0. The normalized spacial score (nSPS) is 34.9. The van der Waals surface area contributed by atoms with Gasteiger partial charge in [0.1, 0.15) is 0 Å². The molecule has 2 saturated carbocycles. The maximum Gasteiger partial charge on any atom is 0.0807 e. The SMILES string of the molecule is CC1CCC(OC2(CN)CCCCC2)CC1. The van der Waals surface area contributed by atoms with Crippen LogP contribution in [-0.2, 0) is 4.74 Å². The van der Waals surface area contributed by atoms with Gasteiger partial charge in [-0.1, -0.05) is 26.2 Å². The van der Waals surface area contributed by atoms with Crippen molar-refractivity contribution in [1.82, 2.24) is 0 Å². The summed E-state index contributed by atoms with van der Waals surface area (Å²) in [4.78, 5) is 0. The van der Waals surface area contributed by atoms with Crippen molar-refractivity contribution in [1.29, 1.82) is 0 Å². The average molecular weight is 225 g/mol. The summed E-state index contributed by atoms with van der Waals surface area (Å²) < 4.78 is 6.39. The third-order valence-electron chi connectivity index (χ3n) is 4.52. The predicted molar refractivity (Wildman–Crippen MR) is 67.4 cm³/mol. The summed E-state index contributed by atoms with van der Waals surface area (Å²) in [5.41, 5.74) is 6.00. The van der Waals surface area contributed by atoms with Gasteiger partial charge in [-0.25, -0.2) is 0 Å². The smallest absolute Gasteiger partial charge is 0.0807 e. The van der Waals surface area contributed by atoms with Gasteiger partial charge in [-0.05, 0) is 44.4 Å². The zero-order valence-electron chi connectivity index (χ0n) is 10.7. The molecule has 0 bridgehead atoms. The monoisotopic (exact) mass is 225 g/mol. The van der Waals surface area contributed by atoms with E-state index < -0.39 is 0 Å². The Balaban J connectivity index is 1.86. The molecule has 0 amide bonds. The fraction of sp³-hybridized carbons (Fsp3) is 1.00. The Hall–Kier alpha value is -0.0800. The lowest BCUT2D eigenvalue weighted by atomic mass is 9.83. The highest BCUT2D eigenvalue weighted by Gasteiger charge is 2.34. The topological polar surface area (TPSA) is 35.2 Å². The van der Waals surface area contributed by atoms with Crippen molar-refractivity contribution >= 4 is 0 Å². The quantitative estimate of drug-likeness (QED) is 0.800. The van der Waals surface area contributed by atoms with E-state index in [2.05, 4.69) is 6.92 Å². The molecule has 0 aromatic heterocycles. The fourth-order valence-corrected chi connectivity index (χ4v) is 3.27. The van der Waals surface area contributed by atoms with Crippen LogP contribution in [0.5, 0.6) is 0 Å². The van der Waals surface area contributed by atoms with Crippen LogP contribution in [0, 0.1) is 5.92 Å². The zero-order valence-corrected chi connectivity index (χ0v) is 10.7. The van der Waals surface area contributed by atoms with Crippen molar-refractivity contribution in [2.45, 2.75) is 76.4 Å². The summed E-state index contributed by atoms with van der Waals surface area (Å²) in [5, 5.41) is 0. The zero-order chi connectivity index (χ0) is 11.4. The predicted octanol–water partition coefficient (Wildman–Crippen LogP) is 3.24. The van der Waals surface area contributed by atoms with Gasteiger partial charge in [-0.2, -0.15) is 0 Å². The van der Waals surface area contributed by atoms with Crippen molar-refractivity contribution in [2.24, 2.45) is 11.7 Å². The first-order chi connectivity index (χ1) is 7.74. The lowest BCUT2D eigenvalue weighted by Gasteiger charge is -2.41. The minimum Gasteiger partial charge on any atom is -0.370 e. The van der Waals surface area contributed by atoms with Gasteiger partial charge >= 0.3 is 0 Å². The van der Waals surface area contributed by atoms with Gasteiger partial charge in [0, 0.05) is 6.54 Å². The number of hydrogen-bond donors (Lipinski definition) is 1. The second-order valence-electron chi connectivity index (χ2n) is 5.95. The number of nitrogens with two attached hydrogens (primary N) is 1. The molecule has 0 aliphatic heterocycles. The van der Waals surface area contributed by atoms with Crippen LogP contribution in [-0.4, -0.2) is 18.2 Å². The van der Waals surface area contributed by atoms with E-state index in [4.69, 9.17) is 10.5 Å². The van der Waals surface area contributed by atoms with Crippen molar-refractivity contribution in [3.63, 3.8) is 0 Å². The van der Waals surface area contributed by atoms with Crippen molar-refractivity contribution in [3.8, 4) is 0 Å². The molecule has 0 unspecified atom stereocenters. The van der Waals surface area contributed by atoms with E-state index in [-0.39, 0.29) is 5.60 Å². The van der Waals surface area contributed by atoms with Gasteiger partial charge < -0.3 is 10.5 Å². The van der Waals surface area contributed by atoms with Gasteiger partial charge in [-0.3, -0.25) is 0 Å². The first-order valence-electron chi connectivity index (χ1n) is 7.12. The minimum absolute atomic E-state index is 0.0451. The molecular weight excluding hydrogens is 198 g/mol. The fourth-order valence-electron chi connectivity index (χ4n) is 3.27. The third-order valence-corrected chi connectivity index (χ3v) is 4.52. The molecule has 2 N–H and O–H groups in total. The molecule has 0 atom stereocenters. The van der Waals surface area contributed by atoms with E-state index in [1.807, 2.05) is 0 Å². The van der Waals surface area contributed by atoms with E-state index in [9.17, 15) is 0 Å². The minimum atomic E-state index is 0.0451. The van der Waals surface area contributed by atoms with E-state index in [1.54, 1.807) is 0 Å². The lowest BCUT2D eigenvalue weighted by molar-refractivity contribution is -0.120. The summed E-state index contributed by atoms with van der Waals surface area (Å²) in [6.45, 7) is 3.08. The van der Waals surface area contributed by atoms with Crippen LogP contribution in [0.2, 0.25) is 0 Å². The molecule has 2 aliphatic rings. The van der Waals surface area contributed by atoms with E-state index >= 15 is 0 Å². The Bertz CT molecular complexity index is 203. The Morgan fingerprint density at radius 1 is 1.06 bits per heavy atom. The molecule has 2 aliphatic carbocycles. The molecule has 2 heteroatoms. The molecule has 0 spiro atoms. The first-order valence-corrected chi connectivity index (χ1v) is 7.12. The molecule has 2 nitrogen and oxygen atoms in total. The third kappa shape index (κ3) is 2.98. The Kier molecular flexibility index (Phi) is 4.26. The van der Waals surface area contributed by atoms with Crippen LogP contribution in [0.3, 0.4) is 0 Å². The Morgan fingerprint density at radius 3 is 2.25 bits per heavy atom. The van der Waals surface area contributed by atoms with E-state index in [1.165, 1.54) is 57.8 Å². The van der Waals surface area contributed by atoms with Gasteiger partial charge in [0.05, 0.1) is 11.7 Å². The molecule has 2 fully saturated rings. The standard InChI is InChI=1S/C14H27NO/c1-12-5-7-13(8-6-12)16-14(11-15)9-3-2-4-10-14/h12-13H,2-11,15H2,1H3. The molecule has 0 saturated heterocycles. The maximum absolute atomic E-state index is 6.39. The molecule has 0 aromatic carbocycles. The van der Waals surface area contributed by atoms with Gasteiger partial charge in [-0.15, -0.1) is 0 Å². The van der Waals surface area contributed by atoms with Gasteiger partial charge in [0.2, 0.25) is 0 Å². The molecule has 2 rings (SSSR count). The Labute approximate surface area is 99.9 Å². The molecule has 0 radical (unpaired) electrons. The second-order valence-corrected chi connectivity index (χ2v) is 5.95. The average Bonchev–Trinajstić information content (AvgIpc) is 2.33. The van der Waals surface area contributed by atoms with Crippen LogP contribution >= 0.6 is 0 Å². The van der Waals surface area contributed by atoms with Crippen LogP contribution in [0.15, 0.2) is 0 Å². The van der Waals surface area contributed by atoms with Crippen molar-refractivity contribution in [2.75, 3.05) is 6.54 Å². The molecule has 16 heavy (non-hydrogen) atoms. The summed E-state index contributed by atoms with van der Waals surface area (Å²) in [7, 11) is 0.